The molecule has 0 aliphatic rings. The van der Waals surface area contributed by atoms with Crippen LogP contribution in [0.5, 0.6) is 23.0 Å². The van der Waals surface area contributed by atoms with Gasteiger partial charge in [0.2, 0.25) is 11.7 Å². The number of carbonyl (C=O) groups excluding carboxylic acids is 1. The first-order valence-electron chi connectivity index (χ1n) is 11.4. The monoisotopic (exact) mass is 528 g/mol. The lowest BCUT2D eigenvalue weighted by Gasteiger charge is -2.16. The minimum Gasteiger partial charge on any atom is -0.495 e. The first-order chi connectivity index (χ1) is 17.8. The highest BCUT2D eigenvalue weighted by molar-refractivity contribution is 7.10. The second kappa shape index (κ2) is 12.8. The van der Waals surface area contributed by atoms with Crippen LogP contribution < -0.4 is 41.0 Å². The lowest BCUT2D eigenvalue weighted by Crippen LogP contribution is -2.37. The Morgan fingerprint density at radius 2 is 1.70 bits per heavy atom. The first kappa shape index (κ1) is 27.6. The van der Waals surface area contributed by atoms with Crippen LogP contribution in [0.2, 0.25) is 0 Å². The fraction of sp³-hybridized carbons (Fsp3) is 0.320. The summed E-state index contributed by atoms with van der Waals surface area (Å²) in [7, 11) is 6.22. The molecule has 2 aromatic carbocycles. The number of nitrogens with zero attached hydrogens (tertiary/aromatic N) is 1. The molecular weight excluding hydrogens is 496 g/mol. The zero-order chi connectivity index (χ0) is 26.9. The van der Waals surface area contributed by atoms with Gasteiger partial charge >= 0.3 is 0 Å². The molecule has 0 saturated carbocycles. The predicted octanol–water partition coefficient (Wildman–Crippen LogP) is 3.04. The molecule has 3 aromatic rings. The van der Waals surface area contributed by atoms with Crippen molar-refractivity contribution in [3.63, 3.8) is 0 Å². The summed E-state index contributed by atoms with van der Waals surface area (Å²) < 4.78 is 26.3. The number of carbonyl (C=O) groups is 1. The Hall–Kier alpha value is -4.03. The van der Waals surface area contributed by atoms with E-state index in [4.69, 9.17) is 35.8 Å². The van der Waals surface area contributed by atoms with Crippen LogP contribution in [0.25, 0.3) is 21.6 Å². The minimum absolute atomic E-state index is 0.117. The van der Waals surface area contributed by atoms with Gasteiger partial charge in [-0.15, -0.1) is 0 Å². The quantitative estimate of drug-likeness (QED) is 0.135. The van der Waals surface area contributed by atoms with E-state index in [1.165, 1.54) is 18.6 Å². The van der Waals surface area contributed by atoms with Gasteiger partial charge in [0.1, 0.15) is 5.75 Å². The van der Waals surface area contributed by atoms with Gasteiger partial charge in [0, 0.05) is 23.9 Å². The van der Waals surface area contributed by atoms with Gasteiger partial charge in [-0.05, 0) is 54.2 Å². The molecule has 1 atom stereocenters. The Bertz CT molecular complexity index is 1220. The van der Waals surface area contributed by atoms with Crippen molar-refractivity contribution in [2.45, 2.75) is 18.9 Å². The van der Waals surface area contributed by atoms with Gasteiger partial charge in [0.25, 0.3) is 0 Å². The maximum atomic E-state index is 12.8. The van der Waals surface area contributed by atoms with Crippen molar-refractivity contribution in [2.24, 2.45) is 11.5 Å². The summed E-state index contributed by atoms with van der Waals surface area (Å²) >= 11 is 1.33. The summed E-state index contributed by atoms with van der Waals surface area (Å²) in [5.41, 5.74) is 14.4. The lowest BCUT2D eigenvalue weighted by molar-refractivity contribution is -0.117. The van der Waals surface area contributed by atoms with Crippen molar-refractivity contribution in [3.05, 3.63) is 36.5 Å². The molecule has 1 heterocycles. The molecule has 12 heteroatoms. The average molecular weight is 529 g/mol. The van der Waals surface area contributed by atoms with Crippen molar-refractivity contribution in [3.8, 4) is 44.6 Å². The standard InChI is InChI=1S/C25H32N6O5S/c1-33-19-8-7-14(10-18(19)31-24(32)17(26)6-5-9-29-25(27)28)16-13-30-37-23(16)15-11-20(34-2)22(36-4)21(12-15)35-3/h7-8,10-13,17H,5-6,9,26H2,1-4H3,(H,31,32)(H4,27,28,29)/t17-/m0/s1. The maximum absolute atomic E-state index is 12.8. The molecule has 37 heavy (non-hydrogen) atoms. The predicted molar refractivity (Wildman–Crippen MR) is 145 cm³/mol. The summed E-state index contributed by atoms with van der Waals surface area (Å²) in [6.45, 7) is 0.462. The second-order valence-electron chi connectivity index (χ2n) is 7.98. The number of guanidine groups is 1. The molecule has 0 aliphatic heterocycles. The fourth-order valence-electron chi connectivity index (χ4n) is 3.74. The van der Waals surface area contributed by atoms with Crippen LogP contribution in [0.1, 0.15) is 12.8 Å². The molecule has 0 aliphatic carbocycles. The zero-order valence-corrected chi connectivity index (χ0v) is 22.0. The summed E-state index contributed by atoms with van der Waals surface area (Å²) in [4.78, 5) is 13.7. The van der Waals surface area contributed by atoms with E-state index in [9.17, 15) is 4.79 Å². The number of nitrogens with two attached hydrogens (primary N) is 2. The topological polar surface area (TPSA) is 167 Å². The van der Waals surface area contributed by atoms with E-state index in [2.05, 4.69) is 15.0 Å². The van der Waals surface area contributed by atoms with Gasteiger partial charge in [-0.1, -0.05) is 6.07 Å². The van der Waals surface area contributed by atoms with E-state index in [1.54, 1.807) is 33.6 Å². The molecule has 1 amide bonds. The summed E-state index contributed by atoms with van der Waals surface area (Å²) in [5.74, 6) is 1.61. The number of methoxy groups -OCH3 is 4. The Morgan fingerprint density at radius 3 is 2.30 bits per heavy atom. The average Bonchev–Trinajstić information content (AvgIpc) is 3.40. The van der Waals surface area contributed by atoms with E-state index in [1.807, 2.05) is 24.3 Å². The van der Waals surface area contributed by atoms with Crippen LogP contribution in [-0.4, -0.2) is 57.3 Å². The third-order valence-corrected chi connectivity index (χ3v) is 6.46. The minimum atomic E-state index is -0.736. The number of hydrogen-bond donors (Lipinski definition) is 5. The number of amides is 1. The van der Waals surface area contributed by atoms with Crippen molar-refractivity contribution in [1.29, 1.82) is 5.41 Å². The number of benzene rings is 2. The fourth-order valence-corrected chi connectivity index (χ4v) is 4.50. The zero-order valence-electron chi connectivity index (χ0n) is 21.2. The Balaban J connectivity index is 1.89. The number of hydrogen-bond acceptors (Lipinski definition) is 9. The van der Waals surface area contributed by atoms with Crippen molar-refractivity contribution in [2.75, 3.05) is 40.3 Å². The highest BCUT2D eigenvalue weighted by atomic mass is 32.1. The molecule has 0 unspecified atom stereocenters. The first-order valence-corrected chi connectivity index (χ1v) is 12.2. The SMILES string of the molecule is COc1ccc(-c2cnsc2-c2cc(OC)c(OC)c(OC)c2)cc1NC(=O)[C@@H](N)CCCNC(=N)N. The molecule has 0 fully saturated rings. The Morgan fingerprint density at radius 1 is 1.03 bits per heavy atom. The molecule has 198 valence electrons. The van der Waals surface area contributed by atoms with E-state index < -0.39 is 6.04 Å². The number of aromatic nitrogens is 1. The van der Waals surface area contributed by atoms with E-state index in [0.717, 1.165) is 21.6 Å². The number of rotatable bonds is 12. The van der Waals surface area contributed by atoms with Gasteiger partial charge in [-0.25, -0.2) is 0 Å². The van der Waals surface area contributed by atoms with Crippen LogP contribution >= 0.6 is 11.5 Å². The third-order valence-electron chi connectivity index (χ3n) is 5.61. The van der Waals surface area contributed by atoms with Gasteiger partial charge in [-0.2, -0.15) is 4.37 Å². The maximum Gasteiger partial charge on any atom is 0.241 e. The van der Waals surface area contributed by atoms with Crippen LogP contribution in [0.15, 0.2) is 36.5 Å². The highest BCUT2D eigenvalue weighted by Crippen LogP contribution is 2.45. The van der Waals surface area contributed by atoms with Gasteiger partial charge in [0.05, 0.1) is 45.0 Å². The van der Waals surface area contributed by atoms with Gasteiger partial charge in [-0.3, -0.25) is 10.2 Å². The lowest BCUT2D eigenvalue weighted by atomic mass is 10.0. The summed E-state index contributed by atoms with van der Waals surface area (Å²) in [6, 6.07) is 8.50. The highest BCUT2D eigenvalue weighted by Gasteiger charge is 2.20. The van der Waals surface area contributed by atoms with Crippen LogP contribution in [0, 0.1) is 5.41 Å². The smallest absolute Gasteiger partial charge is 0.241 e. The number of nitrogens with one attached hydrogen (secondary N) is 3. The van der Waals surface area contributed by atoms with Crippen molar-refractivity contribution < 1.29 is 23.7 Å². The molecule has 0 spiro atoms. The molecule has 0 saturated heterocycles. The largest absolute Gasteiger partial charge is 0.495 e. The molecule has 11 nitrogen and oxygen atoms in total. The molecule has 3 rings (SSSR count). The Kier molecular flexibility index (Phi) is 9.52. The molecule has 0 radical (unpaired) electrons. The molecule has 1 aromatic heterocycles. The van der Waals surface area contributed by atoms with Gasteiger partial charge < -0.3 is 41.0 Å². The van der Waals surface area contributed by atoms with Crippen molar-refractivity contribution in [1.82, 2.24) is 9.69 Å². The van der Waals surface area contributed by atoms with E-state index >= 15 is 0 Å². The van der Waals surface area contributed by atoms with Crippen molar-refractivity contribution >= 4 is 29.1 Å². The Labute approximate surface area is 219 Å². The summed E-state index contributed by atoms with van der Waals surface area (Å²) in [6.07, 6.45) is 2.78. The van der Waals surface area contributed by atoms with E-state index in [-0.39, 0.29) is 11.9 Å². The normalized spacial score (nSPS) is 11.4. The number of anilines is 1. The van der Waals surface area contributed by atoms with Gasteiger partial charge in [0.15, 0.2) is 17.5 Å². The summed E-state index contributed by atoms with van der Waals surface area (Å²) in [5, 5.41) is 12.8. The molecule has 0 bridgehead atoms. The third kappa shape index (κ3) is 6.60. The molecule has 7 N–H and O–H groups in total. The molecular formula is C25H32N6O5S. The van der Waals surface area contributed by atoms with E-state index in [0.29, 0.717) is 48.1 Å². The van der Waals surface area contributed by atoms with Crippen LogP contribution in [0.3, 0.4) is 0 Å². The number of ether oxygens (including phenoxy) is 4. The second-order valence-corrected chi connectivity index (χ2v) is 8.78. The van der Waals surface area contributed by atoms with Crippen LogP contribution in [-0.2, 0) is 4.79 Å². The van der Waals surface area contributed by atoms with Crippen LogP contribution in [0.4, 0.5) is 5.69 Å².